The van der Waals surface area contributed by atoms with Crippen LogP contribution in [0, 0.1) is 10.1 Å². The third-order valence-electron chi connectivity index (χ3n) is 5.00. The summed E-state index contributed by atoms with van der Waals surface area (Å²) in [4.78, 5) is 21.8. The van der Waals surface area contributed by atoms with E-state index in [4.69, 9.17) is 25.8 Å². The van der Waals surface area contributed by atoms with Gasteiger partial charge < -0.3 is 19.3 Å². The molecule has 2 heterocycles. The number of nitro benzene ring substituents is 1. The molecule has 2 aromatic carbocycles. The lowest BCUT2D eigenvalue weighted by atomic mass is 9.89. The summed E-state index contributed by atoms with van der Waals surface area (Å²) >= 11 is 6.10. The maximum Gasteiger partial charge on any atom is 0.335 e. The molecular weight excluding hydrogens is 390 g/mol. The number of nitro groups is 1. The van der Waals surface area contributed by atoms with Crippen LogP contribution in [0.25, 0.3) is 0 Å². The van der Waals surface area contributed by atoms with Crippen LogP contribution in [0.3, 0.4) is 0 Å². The number of aromatic carboxylic acids is 1. The first-order valence-electron chi connectivity index (χ1n) is 8.61. The number of nitrogens with zero attached hydrogens (tertiary/aromatic N) is 1. The van der Waals surface area contributed by atoms with Crippen molar-refractivity contribution in [3.8, 4) is 5.75 Å². The molecule has 0 radical (unpaired) electrons. The highest BCUT2D eigenvalue weighted by atomic mass is 35.5. The van der Waals surface area contributed by atoms with E-state index in [9.17, 15) is 20.0 Å². The van der Waals surface area contributed by atoms with Crippen molar-refractivity contribution >= 4 is 23.3 Å². The fraction of sp³-hybridized carbons (Fsp3) is 0.316. The quantitative estimate of drug-likeness (QED) is 0.600. The van der Waals surface area contributed by atoms with Gasteiger partial charge in [-0.15, -0.1) is 0 Å². The summed E-state index contributed by atoms with van der Waals surface area (Å²) < 4.78 is 17.6. The van der Waals surface area contributed by atoms with E-state index < -0.39 is 23.1 Å². The van der Waals surface area contributed by atoms with Crippen molar-refractivity contribution in [3.05, 3.63) is 68.7 Å². The second kappa shape index (κ2) is 7.38. The molecule has 28 heavy (non-hydrogen) atoms. The number of halogens is 1. The fourth-order valence-corrected chi connectivity index (χ4v) is 3.93. The smallest absolute Gasteiger partial charge is 0.335 e. The minimum absolute atomic E-state index is 0.125. The van der Waals surface area contributed by atoms with Crippen molar-refractivity contribution in [2.24, 2.45) is 0 Å². The molecule has 0 saturated carbocycles. The first-order chi connectivity index (χ1) is 13.5. The van der Waals surface area contributed by atoms with Crippen molar-refractivity contribution in [1.82, 2.24) is 0 Å². The monoisotopic (exact) mass is 405 g/mol. The summed E-state index contributed by atoms with van der Waals surface area (Å²) in [5.74, 6) is -0.916. The van der Waals surface area contributed by atoms with E-state index in [-0.39, 0.29) is 34.9 Å². The highest BCUT2D eigenvalue weighted by Gasteiger charge is 2.50. The van der Waals surface area contributed by atoms with Crippen LogP contribution in [0.4, 0.5) is 5.69 Å². The van der Waals surface area contributed by atoms with Crippen LogP contribution in [-0.4, -0.2) is 47.5 Å². The Hall–Kier alpha value is -2.68. The number of carboxylic acids is 1. The molecule has 0 bridgehead atoms. The molecule has 8 nitrogen and oxygen atoms in total. The van der Waals surface area contributed by atoms with Gasteiger partial charge in [-0.05, 0) is 17.7 Å². The molecule has 0 aliphatic carbocycles. The van der Waals surface area contributed by atoms with Gasteiger partial charge in [0.1, 0.15) is 11.9 Å². The normalized spacial score (nSPS) is 26.0. The Labute approximate surface area is 164 Å². The lowest BCUT2D eigenvalue weighted by Gasteiger charge is -2.19. The van der Waals surface area contributed by atoms with Gasteiger partial charge in [-0.3, -0.25) is 10.1 Å². The number of ether oxygens (including phenoxy) is 3. The Kier molecular flexibility index (Phi) is 4.92. The van der Waals surface area contributed by atoms with Crippen molar-refractivity contribution in [1.29, 1.82) is 0 Å². The third kappa shape index (κ3) is 3.30. The maximum absolute atomic E-state index is 11.5. The summed E-state index contributed by atoms with van der Waals surface area (Å²) in [6.07, 6.45) is -1.19. The van der Waals surface area contributed by atoms with Gasteiger partial charge in [0, 0.05) is 18.1 Å². The summed E-state index contributed by atoms with van der Waals surface area (Å²) in [7, 11) is 0. The van der Waals surface area contributed by atoms with E-state index in [1.807, 2.05) is 0 Å². The zero-order chi connectivity index (χ0) is 19.8. The summed E-state index contributed by atoms with van der Waals surface area (Å²) in [5, 5.41) is 20.4. The Morgan fingerprint density at radius 2 is 1.93 bits per heavy atom. The molecule has 2 aromatic rings. The highest BCUT2D eigenvalue weighted by Crippen LogP contribution is 2.40. The Morgan fingerprint density at radius 1 is 1.18 bits per heavy atom. The first-order valence-corrected chi connectivity index (χ1v) is 8.99. The topological polar surface area (TPSA) is 108 Å². The molecule has 146 valence electrons. The second-order valence-electron chi connectivity index (χ2n) is 6.62. The fourth-order valence-electron chi connectivity index (χ4n) is 3.71. The van der Waals surface area contributed by atoms with Crippen LogP contribution >= 0.6 is 11.6 Å². The average molecular weight is 406 g/mol. The molecule has 0 spiro atoms. The molecule has 2 saturated heterocycles. The van der Waals surface area contributed by atoms with Gasteiger partial charge in [-0.25, -0.2) is 4.79 Å². The van der Waals surface area contributed by atoms with E-state index in [1.54, 1.807) is 24.3 Å². The van der Waals surface area contributed by atoms with Crippen molar-refractivity contribution in [3.63, 3.8) is 0 Å². The van der Waals surface area contributed by atoms with Crippen LogP contribution in [0.2, 0.25) is 5.02 Å². The van der Waals surface area contributed by atoms with Gasteiger partial charge in [-0.1, -0.05) is 29.8 Å². The Bertz CT molecular complexity index is 934. The largest absolute Gasteiger partial charge is 0.484 e. The number of fused-ring (bicyclic) bond motifs is 1. The Balaban J connectivity index is 1.52. The summed E-state index contributed by atoms with van der Waals surface area (Å²) in [6, 6.07) is 10.8. The van der Waals surface area contributed by atoms with E-state index in [0.29, 0.717) is 17.9 Å². The zero-order valence-electron chi connectivity index (χ0n) is 14.5. The van der Waals surface area contributed by atoms with E-state index in [1.165, 1.54) is 18.2 Å². The summed E-state index contributed by atoms with van der Waals surface area (Å²) in [6.45, 7) is 0.557. The number of benzene rings is 2. The molecule has 0 aromatic heterocycles. The van der Waals surface area contributed by atoms with Crippen LogP contribution in [0.15, 0.2) is 42.5 Å². The highest BCUT2D eigenvalue weighted by molar-refractivity contribution is 6.32. The lowest BCUT2D eigenvalue weighted by Crippen LogP contribution is -2.33. The van der Waals surface area contributed by atoms with Gasteiger partial charge in [0.2, 0.25) is 0 Å². The summed E-state index contributed by atoms with van der Waals surface area (Å²) in [5.41, 5.74) is 0.764. The number of carbonyl (C=O) groups is 1. The molecule has 2 fully saturated rings. The van der Waals surface area contributed by atoms with Gasteiger partial charge in [0.15, 0.2) is 6.10 Å². The molecule has 2 aliphatic rings. The van der Waals surface area contributed by atoms with Crippen molar-refractivity contribution in [2.75, 3.05) is 13.2 Å². The van der Waals surface area contributed by atoms with Crippen LogP contribution in [0.5, 0.6) is 5.75 Å². The first kappa shape index (κ1) is 18.7. The van der Waals surface area contributed by atoms with Gasteiger partial charge in [-0.2, -0.15) is 0 Å². The number of rotatable bonds is 5. The molecule has 1 N–H and O–H groups in total. The molecule has 0 unspecified atom stereocenters. The number of hydrogen-bond donors (Lipinski definition) is 1. The molecular formula is C19H16ClNO7. The van der Waals surface area contributed by atoms with Crippen LogP contribution in [0.1, 0.15) is 21.8 Å². The van der Waals surface area contributed by atoms with Gasteiger partial charge >= 0.3 is 5.97 Å². The van der Waals surface area contributed by atoms with E-state index in [2.05, 4.69) is 0 Å². The average Bonchev–Trinajstić information content (AvgIpc) is 3.26. The zero-order valence-corrected chi connectivity index (χ0v) is 15.2. The SMILES string of the molecule is O=C(O)c1ccccc1[C@H]1CO[C@@H]2[C@@H]1OC[C@@H]2Oc1ccc([N+](=O)[O-])cc1Cl. The standard InChI is InChI=1S/C19H16ClNO7/c20-14-7-10(21(24)25)5-6-15(14)28-16-9-27-17-13(8-26-18(16)17)11-3-1-2-4-12(11)19(22)23/h1-7,13,16-18H,8-9H2,(H,22,23)/t13-,16+,17-,18+/m1/s1. The molecule has 4 atom stereocenters. The number of hydrogen-bond acceptors (Lipinski definition) is 6. The third-order valence-corrected chi connectivity index (χ3v) is 5.30. The lowest BCUT2D eigenvalue weighted by molar-refractivity contribution is -0.384. The van der Waals surface area contributed by atoms with E-state index >= 15 is 0 Å². The van der Waals surface area contributed by atoms with E-state index in [0.717, 1.165) is 0 Å². The molecule has 4 rings (SSSR count). The van der Waals surface area contributed by atoms with Crippen molar-refractivity contribution in [2.45, 2.75) is 24.2 Å². The van der Waals surface area contributed by atoms with Gasteiger partial charge in [0.05, 0.1) is 34.8 Å². The molecule has 9 heteroatoms. The predicted molar refractivity (Wildman–Crippen MR) is 98.1 cm³/mol. The number of non-ortho nitro benzene ring substituents is 1. The van der Waals surface area contributed by atoms with Crippen LogP contribution in [-0.2, 0) is 9.47 Å². The minimum atomic E-state index is -0.998. The number of carboxylic acid groups (broad SMARTS) is 1. The molecule has 0 amide bonds. The van der Waals surface area contributed by atoms with Crippen molar-refractivity contribution < 1.29 is 29.0 Å². The molecule has 2 aliphatic heterocycles. The minimum Gasteiger partial charge on any atom is -0.484 e. The van der Waals surface area contributed by atoms with Crippen LogP contribution < -0.4 is 4.74 Å². The van der Waals surface area contributed by atoms with Gasteiger partial charge in [0.25, 0.3) is 5.69 Å². The second-order valence-corrected chi connectivity index (χ2v) is 7.03. The maximum atomic E-state index is 11.5. The Morgan fingerprint density at radius 3 is 2.64 bits per heavy atom. The predicted octanol–water partition coefficient (Wildman–Crippen LogP) is 3.28.